The summed E-state index contributed by atoms with van der Waals surface area (Å²) in [4.78, 5) is 14.5. The van der Waals surface area contributed by atoms with E-state index in [1.807, 2.05) is 23.1 Å². The van der Waals surface area contributed by atoms with Crippen molar-refractivity contribution < 1.29 is 4.79 Å². The molecule has 1 saturated carbocycles. The zero-order valence-electron chi connectivity index (χ0n) is 11.8. The molecule has 1 aliphatic rings. The van der Waals surface area contributed by atoms with Crippen LogP contribution in [0.15, 0.2) is 24.3 Å². The van der Waals surface area contributed by atoms with Gasteiger partial charge in [0.05, 0.1) is 0 Å². The quantitative estimate of drug-likeness (QED) is 0.884. The summed E-state index contributed by atoms with van der Waals surface area (Å²) in [6, 6.07) is 8.14. The Kier molecular flexibility index (Phi) is 4.97. The highest BCUT2D eigenvalue weighted by Crippen LogP contribution is 2.27. The highest BCUT2D eigenvalue weighted by Gasteiger charge is 2.26. The fourth-order valence-corrected chi connectivity index (χ4v) is 2.89. The molecule has 1 fully saturated rings. The van der Waals surface area contributed by atoms with Crippen molar-refractivity contribution in [3.63, 3.8) is 0 Å². The smallest absolute Gasteiger partial charge is 0.225 e. The molecule has 0 bridgehead atoms. The Morgan fingerprint density at radius 1 is 1.26 bits per heavy atom. The Balaban J connectivity index is 2.07. The van der Waals surface area contributed by atoms with Gasteiger partial charge in [0.1, 0.15) is 0 Å². The van der Waals surface area contributed by atoms with Crippen molar-refractivity contribution in [2.75, 3.05) is 6.54 Å². The summed E-state index contributed by atoms with van der Waals surface area (Å²) in [5, 5.41) is 0. The van der Waals surface area contributed by atoms with Crippen LogP contribution in [0.4, 0.5) is 0 Å². The van der Waals surface area contributed by atoms with Crippen LogP contribution in [0.2, 0.25) is 0 Å². The Hall–Kier alpha value is -1.35. The standard InChI is InChI=1S/C16H24N2O/c1-2-18(16(19)13-7-3-4-8-13)12-15-10-6-5-9-14(15)11-17/h5-6,9-10,13H,2-4,7-8,11-12,17H2,1H3. The van der Waals surface area contributed by atoms with E-state index in [-0.39, 0.29) is 5.92 Å². The lowest BCUT2D eigenvalue weighted by molar-refractivity contribution is -0.135. The van der Waals surface area contributed by atoms with Crippen molar-refractivity contribution in [2.45, 2.75) is 45.7 Å². The number of hydrogen-bond donors (Lipinski definition) is 1. The normalized spacial score (nSPS) is 15.7. The number of nitrogens with zero attached hydrogens (tertiary/aromatic N) is 1. The molecule has 3 heteroatoms. The lowest BCUT2D eigenvalue weighted by Gasteiger charge is -2.25. The van der Waals surface area contributed by atoms with Crippen LogP contribution in [0.1, 0.15) is 43.7 Å². The van der Waals surface area contributed by atoms with Gasteiger partial charge in [0.15, 0.2) is 0 Å². The van der Waals surface area contributed by atoms with E-state index in [1.54, 1.807) is 0 Å². The molecule has 0 unspecified atom stereocenters. The summed E-state index contributed by atoms with van der Waals surface area (Å²) in [7, 11) is 0. The van der Waals surface area contributed by atoms with E-state index in [4.69, 9.17) is 5.73 Å². The van der Waals surface area contributed by atoms with Crippen LogP contribution in [0, 0.1) is 5.92 Å². The van der Waals surface area contributed by atoms with E-state index in [1.165, 1.54) is 18.4 Å². The zero-order chi connectivity index (χ0) is 13.7. The number of amides is 1. The summed E-state index contributed by atoms with van der Waals surface area (Å²) in [5.41, 5.74) is 8.08. The number of carbonyl (C=O) groups is 1. The van der Waals surface area contributed by atoms with Gasteiger partial charge in [0.2, 0.25) is 5.91 Å². The molecule has 0 aromatic heterocycles. The maximum atomic E-state index is 12.5. The molecule has 0 atom stereocenters. The monoisotopic (exact) mass is 260 g/mol. The zero-order valence-corrected chi connectivity index (χ0v) is 11.8. The molecule has 0 radical (unpaired) electrons. The predicted octanol–water partition coefficient (Wildman–Crippen LogP) is 2.68. The van der Waals surface area contributed by atoms with Crippen molar-refractivity contribution >= 4 is 5.91 Å². The van der Waals surface area contributed by atoms with Crippen LogP contribution in [-0.2, 0) is 17.9 Å². The first-order valence-corrected chi connectivity index (χ1v) is 7.32. The van der Waals surface area contributed by atoms with E-state index in [2.05, 4.69) is 13.0 Å². The molecule has 1 aromatic carbocycles. The third-order valence-electron chi connectivity index (χ3n) is 4.10. The molecule has 1 aliphatic carbocycles. The Bertz CT molecular complexity index is 425. The Morgan fingerprint density at radius 3 is 2.47 bits per heavy atom. The molecule has 0 spiro atoms. The summed E-state index contributed by atoms with van der Waals surface area (Å²) in [6.45, 7) is 4.05. The second-order valence-corrected chi connectivity index (χ2v) is 5.31. The molecule has 2 N–H and O–H groups in total. The Morgan fingerprint density at radius 2 is 1.89 bits per heavy atom. The van der Waals surface area contributed by atoms with E-state index in [9.17, 15) is 4.79 Å². The van der Waals surface area contributed by atoms with Crippen LogP contribution < -0.4 is 5.73 Å². The van der Waals surface area contributed by atoms with E-state index in [0.29, 0.717) is 19.0 Å². The number of hydrogen-bond acceptors (Lipinski definition) is 2. The van der Waals surface area contributed by atoms with Gasteiger partial charge in [-0.25, -0.2) is 0 Å². The molecule has 1 aromatic rings. The minimum atomic E-state index is 0.255. The number of rotatable bonds is 5. The maximum Gasteiger partial charge on any atom is 0.225 e. The van der Waals surface area contributed by atoms with Crippen molar-refractivity contribution in [1.29, 1.82) is 0 Å². The van der Waals surface area contributed by atoms with Crippen LogP contribution >= 0.6 is 0 Å². The van der Waals surface area contributed by atoms with Gasteiger partial charge in [0.25, 0.3) is 0 Å². The number of nitrogens with two attached hydrogens (primary N) is 1. The molecular formula is C16H24N2O. The number of benzene rings is 1. The third kappa shape index (κ3) is 3.35. The van der Waals surface area contributed by atoms with Gasteiger partial charge in [0, 0.05) is 25.6 Å². The number of carbonyl (C=O) groups excluding carboxylic acids is 1. The van der Waals surface area contributed by atoms with Crippen LogP contribution in [0.3, 0.4) is 0 Å². The van der Waals surface area contributed by atoms with E-state index in [0.717, 1.165) is 24.9 Å². The summed E-state index contributed by atoms with van der Waals surface area (Å²) in [5.74, 6) is 0.580. The molecule has 0 heterocycles. The molecule has 104 valence electrons. The molecule has 1 amide bonds. The molecular weight excluding hydrogens is 236 g/mol. The highest BCUT2D eigenvalue weighted by molar-refractivity contribution is 5.79. The van der Waals surface area contributed by atoms with Crippen molar-refractivity contribution in [3.05, 3.63) is 35.4 Å². The first kappa shape index (κ1) is 14.1. The summed E-state index contributed by atoms with van der Waals surface area (Å²) >= 11 is 0. The molecule has 3 nitrogen and oxygen atoms in total. The molecule has 19 heavy (non-hydrogen) atoms. The van der Waals surface area contributed by atoms with Crippen LogP contribution in [0.5, 0.6) is 0 Å². The lowest BCUT2D eigenvalue weighted by Crippen LogP contribution is -2.35. The molecule has 2 rings (SSSR count). The third-order valence-corrected chi connectivity index (χ3v) is 4.10. The fraction of sp³-hybridized carbons (Fsp3) is 0.562. The van der Waals surface area contributed by atoms with Crippen molar-refractivity contribution in [1.82, 2.24) is 4.90 Å². The Labute approximate surface area is 115 Å². The largest absolute Gasteiger partial charge is 0.338 e. The van der Waals surface area contributed by atoms with Gasteiger partial charge in [-0.2, -0.15) is 0 Å². The minimum absolute atomic E-state index is 0.255. The van der Waals surface area contributed by atoms with Gasteiger partial charge >= 0.3 is 0 Å². The van der Waals surface area contributed by atoms with Gasteiger partial charge in [-0.15, -0.1) is 0 Å². The maximum absolute atomic E-state index is 12.5. The van der Waals surface area contributed by atoms with Crippen molar-refractivity contribution in [2.24, 2.45) is 11.7 Å². The highest BCUT2D eigenvalue weighted by atomic mass is 16.2. The summed E-state index contributed by atoms with van der Waals surface area (Å²) in [6.07, 6.45) is 4.53. The molecule has 0 saturated heterocycles. The minimum Gasteiger partial charge on any atom is -0.338 e. The van der Waals surface area contributed by atoms with Crippen molar-refractivity contribution in [3.8, 4) is 0 Å². The van der Waals surface area contributed by atoms with Gasteiger partial charge in [-0.05, 0) is 30.9 Å². The van der Waals surface area contributed by atoms with Gasteiger partial charge in [-0.3, -0.25) is 4.79 Å². The second kappa shape index (κ2) is 6.71. The van der Waals surface area contributed by atoms with Gasteiger partial charge in [-0.1, -0.05) is 37.1 Å². The van der Waals surface area contributed by atoms with Gasteiger partial charge < -0.3 is 10.6 Å². The lowest BCUT2D eigenvalue weighted by atomic mass is 10.0. The average Bonchev–Trinajstić information content (AvgIpc) is 2.98. The first-order chi connectivity index (χ1) is 9.26. The second-order valence-electron chi connectivity index (χ2n) is 5.31. The predicted molar refractivity (Wildman–Crippen MR) is 77.4 cm³/mol. The first-order valence-electron chi connectivity index (χ1n) is 7.32. The van der Waals surface area contributed by atoms with Crippen LogP contribution in [0.25, 0.3) is 0 Å². The SMILES string of the molecule is CCN(Cc1ccccc1CN)C(=O)C1CCCC1. The molecule has 0 aliphatic heterocycles. The fourth-order valence-electron chi connectivity index (χ4n) is 2.89. The van der Waals surface area contributed by atoms with E-state index < -0.39 is 0 Å². The average molecular weight is 260 g/mol. The summed E-state index contributed by atoms with van der Waals surface area (Å²) < 4.78 is 0. The van der Waals surface area contributed by atoms with E-state index >= 15 is 0 Å². The topological polar surface area (TPSA) is 46.3 Å². The van der Waals surface area contributed by atoms with Crippen LogP contribution in [-0.4, -0.2) is 17.4 Å².